The van der Waals surface area contributed by atoms with Crippen LogP contribution in [0, 0.1) is 0 Å². The van der Waals surface area contributed by atoms with Gasteiger partial charge in [-0.05, 0) is 30.8 Å². The van der Waals surface area contributed by atoms with E-state index in [0.717, 1.165) is 47.5 Å². The number of likely N-dealkylation sites (N-methyl/N-ethyl adjacent to an activating group) is 1. The minimum atomic E-state index is -0.289. The zero-order valence-electron chi connectivity index (χ0n) is 24.6. The summed E-state index contributed by atoms with van der Waals surface area (Å²) in [5.41, 5.74) is 6.35. The number of benzene rings is 3. The number of fused-ring (bicyclic) bond motifs is 1. The summed E-state index contributed by atoms with van der Waals surface area (Å²) in [5, 5.41) is 7.57. The number of para-hydroxylation sites is 1. The van der Waals surface area contributed by atoms with Gasteiger partial charge in [-0.3, -0.25) is 4.79 Å². The molecular formula is C34H35N7O2. The average Bonchev–Trinajstić information content (AvgIpc) is 3.38. The number of hydrogen-bond acceptors (Lipinski definition) is 7. The Balaban J connectivity index is 1.39. The standard InChI is InChI=1S/C34H35N7O2/c1-5-34(42)38-27-17-28(37-33-18-26(35-22-36-33)25-20-40(3)29-14-10-9-13-24(25)29)32(43-4)19-30(27)41-16-15-39(2)21-31(41)23-11-7-6-8-12-23/h5-14,17-20,22,31H,1,15-16,21H2,2-4H3,(H,38,42)(H,35,36,37). The number of hydrogen-bond donors (Lipinski definition) is 2. The summed E-state index contributed by atoms with van der Waals surface area (Å²) in [4.78, 5) is 26.4. The second kappa shape index (κ2) is 12.0. The number of carbonyl (C=O) groups is 1. The SMILES string of the molecule is C=CC(=O)Nc1cc(Nc2cc(-c3cn(C)c4ccccc34)ncn2)c(OC)cc1N1CCN(C)CC1c1ccccc1. The van der Waals surface area contributed by atoms with Gasteiger partial charge >= 0.3 is 0 Å². The topological polar surface area (TPSA) is 87.5 Å². The van der Waals surface area contributed by atoms with Crippen LogP contribution in [0.3, 0.4) is 0 Å². The van der Waals surface area contributed by atoms with Crippen molar-refractivity contribution in [1.29, 1.82) is 0 Å². The minimum absolute atomic E-state index is 0.0907. The van der Waals surface area contributed by atoms with Crippen molar-refractivity contribution in [2.24, 2.45) is 7.05 Å². The molecule has 2 N–H and O–H groups in total. The molecule has 6 rings (SSSR count). The first-order chi connectivity index (χ1) is 20.9. The van der Waals surface area contributed by atoms with Crippen LogP contribution in [0.2, 0.25) is 0 Å². The first-order valence-electron chi connectivity index (χ1n) is 14.2. The Bertz CT molecular complexity index is 1780. The summed E-state index contributed by atoms with van der Waals surface area (Å²) in [6, 6.07) is 24.6. The predicted octanol–water partition coefficient (Wildman–Crippen LogP) is 6.01. The third kappa shape index (κ3) is 5.67. The molecule has 1 amide bonds. The van der Waals surface area contributed by atoms with E-state index in [1.807, 2.05) is 43.4 Å². The van der Waals surface area contributed by atoms with Gasteiger partial charge in [0.15, 0.2) is 0 Å². The monoisotopic (exact) mass is 573 g/mol. The summed E-state index contributed by atoms with van der Waals surface area (Å²) in [6.07, 6.45) is 4.91. The van der Waals surface area contributed by atoms with Gasteiger partial charge in [-0.2, -0.15) is 0 Å². The molecule has 1 aliphatic rings. The Hall–Kier alpha value is -5.15. The first kappa shape index (κ1) is 28.0. The fraction of sp³-hybridized carbons (Fsp3) is 0.206. The van der Waals surface area contributed by atoms with Crippen LogP contribution in [-0.2, 0) is 11.8 Å². The number of amides is 1. The Morgan fingerprint density at radius 2 is 1.79 bits per heavy atom. The van der Waals surface area contributed by atoms with E-state index < -0.39 is 0 Å². The van der Waals surface area contributed by atoms with Crippen molar-refractivity contribution >= 4 is 39.7 Å². The van der Waals surface area contributed by atoms with E-state index in [1.165, 1.54) is 11.6 Å². The molecule has 3 heterocycles. The molecule has 1 fully saturated rings. The first-order valence-corrected chi connectivity index (χ1v) is 14.2. The highest BCUT2D eigenvalue weighted by atomic mass is 16.5. The van der Waals surface area contributed by atoms with Crippen LogP contribution in [-0.4, -0.2) is 59.1 Å². The second-order valence-electron chi connectivity index (χ2n) is 10.7. The lowest BCUT2D eigenvalue weighted by atomic mass is 10.0. The fourth-order valence-electron chi connectivity index (χ4n) is 5.78. The number of nitrogens with zero attached hydrogens (tertiary/aromatic N) is 5. The highest BCUT2D eigenvalue weighted by molar-refractivity contribution is 6.02. The number of piperazine rings is 1. The predicted molar refractivity (Wildman–Crippen MR) is 173 cm³/mol. The van der Waals surface area contributed by atoms with Crippen molar-refractivity contribution in [3.63, 3.8) is 0 Å². The smallest absolute Gasteiger partial charge is 0.247 e. The summed E-state index contributed by atoms with van der Waals surface area (Å²) in [6.45, 7) is 6.18. The van der Waals surface area contributed by atoms with Gasteiger partial charge in [0.25, 0.3) is 0 Å². The number of rotatable bonds is 8. The molecule has 9 heteroatoms. The Morgan fingerprint density at radius 3 is 2.58 bits per heavy atom. The molecule has 0 bridgehead atoms. The molecule has 43 heavy (non-hydrogen) atoms. The van der Waals surface area contributed by atoms with Crippen molar-refractivity contribution in [1.82, 2.24) is 19.4 Å². The summed E-state index contributed by atoms with van der Waals surface area (Å²) >= 11 is 0. The lowest BCUT2D eigenvalue weighted by molar-refractivity contribution is -0.111. The van der Waals surface area contributed by atoms with E-state index in [-0.39, 0.29) is 11.9 Å². The summed E-state index contributed by atoms with van der Waals surface area (Å²) in [7, 11) is 5.81. The number of anilines is 4. The van der Waals surface area contributed by atoms with Crippen molar-refractivity contribution in [3.8, 4) is 17.0 Å². The molecule has 3 aromatic carbocycles. The van der Waals surface area contributed by atoms with Gasteiger partial charge in [0.2, 0.25) is 5.91 Å². The highest BCUT2D eigenvalue weighted by Gasteiger charge is 2.29. The Labute approximate surface area is 251 Å². The van der Waals surface area contributed by atoms with Gasteiger partial charge in [-0.25, -0.2) is 9.97 Å². The number of aromatic nitrogens is 3. The number of ether oxygens (including phenoxy) is 1. The zero-order chi connectivity index (χ0) is 29.9. The molecule has 0 spiro atoms. The number of aryl methyl sites for hydroxylation is 1. The van der Waals surface area contributed by atoms with E-state index in [2.05, 4.69) is 91.2 Å². The van der Waals surface area contributed by atoms with Crippen molar-refractivity contribution in [2.45, 2.75) is 6.04 Å². The average molecular weight is 574 g/mol. The Morgan fingerprint density at radius 1 is 1.00 bits per heavy atom. The number of carbonyl (C=O) groups excluding carboxylic acids is 1. The maximum absolute atomic E-state index is 12.6. The van der Waals surface area contributed by atoms with Gasteiger partial charge in [0, 0.05) is 61.5 Å². The van der Waals surface area contributed by atoms with Crippen LogP contribution in [0.25, 0.3) is 22.2 Å². The number of methoxy groups -OCH3 is 1. The van der Waals surface area contributed by atoms with E-state index >= 15 is 0 Å². The third-order valence-electron chi connectivity index (χ3n) is 7.94. The minimum Gasteiger partial charge on any atom is -0.494 e. The van der Waals surface area contributed by atoms with Crippen LogP contribution in [0.4, 0.5) is 22.9 Å². The molecule has 0 radical (unpaired) electrons. The summed E-state index contributed by atoms with van der Waals surface area (Å²) in [5.74, 6) is 0.942. The van der Waals surface area contributed by atoms with Crippen LogP contribution in [0.5, 0.6) is 5.75 Å². The largest absolute Gasteiger partial charge is 0.494 e. The molecule has 1 unspecified atom stereocenters. The van der Waals surface area contributed by atoms with E-state index in [4.69, 9.17) is 4.74 Å². The van der Waals surface area contributed by atoms with E-state index in [0.29, 0.717) is 22.9 Å². The van der Waals surface area contributed by atoms with Crippen LogP contribution in [0.15, 0.2) is 98.0 Å². The quantitative estimate of drug-likeness (QED) is 0.220. The molecule has 1 atom stereocenters. The summed E-state index contributed by atoms with van der Waals surface area (Å²) < 4.78 is 7.99. The van der Waals surface area contributed by atoms with E-state index in [9.17, 15) is 4.79 Å². The molecule has 5 aromatic rings. The second-order valence-corrected chi connectivity index (χ2v) is 10.7. The molecule has 218 valence electrons. The lowest BCUT2D eigenvalue weighted by Gasteiger charge is -2.42. The Kier molecular flexibility index (Phi) is 7.81. The molecule has 1 saturated heterocycles. The molecule has 0 saturated carbocycles. The zero-order valence-corrected chi connectivity index (χ0v) is 24.6. The molecule has 1 aliphatic heterocycles. The maximum Gasteiger partial charge on any atom is 0.247 e. The highest BCUT2D eigenvalue weighted by Crippen LogP contribution is 2.42. The van der Waals surface area contributed by atoms with Gasteiger partial charge < -0.3 is 29.7 Å². The van der Waals surface area contributed by atoms with Crippen LogP contribution in [0.1, 0.15) is 11.6 Å². The van der Waals surface area contributed by atoms with Crippen molar-refractivity contribution in [3.05, 3.63) is 104 Å². The van der Waals surface area contributed by atoms with Gasteiger partial charge in [0.05, 0.1) is 35.9 Å². The lowest BCUT2D eigenvalue weighted by Crippen LogP contribution is -2.47. The van der Waals surface area contributed by atoms with Crippen molar-refractivity contribution < 1.29 is 9.53 Å². The van der Waals surface area contributed by atoms with Gasteiger partial charge in [0.1, 0.15) is 17.9 Å². The number of nitrogens with one attached hydrogen (secondary N) is 2. The fourth-order valence-corrected chi connectivity index (χ4v) is 5.78. The van der Waals surface area contributed by atoms with Crippen LogP contribution < -0.4 is 20.3 Å². The van der Waals surface area contributed by atoms with Gasteiger partial charge in [-0.15, -0.1) is 0 Å². The molecule has 9 nitrogen and oxygen atoms in total. The molecule has 0 aliphatic carbocycles. The van der Waals surface area contributed by atoms with Crippen molar-refractivity contribution in [2.75, 3.05) is 49.3 Å². The maximum atomic E-state index is 12.6. The van der Waals surface area contributed by atoms with Gasteiger partial charge in [-0.1, -0.05) is 55.1 Å². The normalized spacial score (nSPS) is 15.3. The molecular weight excluding hydrogens is 538 g/mol. The third-order valence-corrected chi connectivity index (χ3v) is 7.94. The van der Waals surface area contributed by atoms with Crippen LogP contribution >= 0.6 is 0 Å². The van der Waals surface area contributed by atoms with E-state index in [1.54, 1.807) is 13.4 Å². The molecule has 2 aromatic heterocycles.